The van der Waals surface area contributed by atoms with Crippen LogP contribution in [-0.4, -0.2) is 16.9 Å². The van der Waals surface area contributed by atoms with Gasteiger partial charge in [0.25, 0.3) is 0 Å². The van der Waals surface area contributed by atoms with Crippen LogP contribution in [0.15, 0.2) is 54.6 Å². The fourth-order valence-corrected chi connectivity index (χ4v) is 4.05. The fourth-order valence-electron chi connectivity index (χ4n) is 3.18. The third-order valence-electron chi connectivity index (χ3n) is 4.38. The van der Waals surface area contributed by atoms with Gasteiger partial charge in [-0.05, 0) is 48.6 Å². The van der Waals surface area contributed by atoms with Crippen molar-refractivity contribution in [2.24, 2.45) is 0 Å². The third-order valence-corrected chi connectivity index (χ3v) is 5.38. The summed E-state index contributed by atoms with van der Waals surface area (Å²) in [5.74, 6) is -0.0429. The minimum Gasteiger partial charge on any atom is -0.349 e. The van der Waals surface area contributed by atoms with E-state index in [9.17, 15) is 4.79 Å². The van der Waals surface area contributed by atoms with Gasteiger partial charge in [-0.2, -0.15) is 0 Å². The first kappa shape index (κ1) is 15.1. The van der Waals surface area contributed by atoms with Crippen molar-refractivity contribution in [1.29, 1.82) is 0 Å². The summed E-state index contributed by atoms with van der Waals surface area (Å²) in [7, 11) is 0. The zero-order valence-electron chi connectivity index (χ0n) is 13.2. The van der Waals surface area contributed by atoms with Crippen LogP contribution in [0.25, 0.3) is 16.3 Å². The van der Waals surface area contributed by atoms with Crippen LogP contribution in [-0.2, 0) is 17.6 Å². The highest BCUT2D eigenvalue weighted by molar-refractivity contribution is 7.19. The van der Waals surface area contributed by atoms with Crippen molar-refractivity contribution in [2.45, 2.75) is 25.3 Å². The highest BCUT2D eigenvalue weighted by atomic mass is 32.1. The summed E-state index contributed by atoms with van der Waals surface area (Å²) in [5.41, 5.74) is 3.74. The smallest absolute Gasteiger partial charge is 0.244 e. The summed E-state index contributed by atoms with van der Waals surface area (Å²) in [6.45, 7) is 0. The molecule has 0 bridgehead atoms. The molecule has 0 fully saturated rings. The van der Waals surface area contributed by atoms with E-state index in [4.69, 9.17) is 0 Å². The average Bonchev–Trinajstić information content (AvgIpc) is 3.03. The molecule has 1 aliphatic rings. The number of amides is 1. The first-order chi connectivity index (χ1) is 11.8. The molecular formula is C20H18N2OS. The van der Waals surface area contributed by atoms with E-state index in [0.29, 0.717) is 0 Å². The lowest BCUT2D eigenvalue weighted by molar-refractivity contribution is -0.117. The van der Waals surface area contributed by atoms with Crippen LogP contribution in [0.2, 0.25) is 0 Å². The van der Waals surface area contributed by atoms with E-state index in [0.717, 1.165) is 34.5 Å². The van der Waals surface area contributed by atoms with Gasteiger partial charge in [-0.1, -0.05) is 36.4 Å². The quantitative estimate of drug-likeness (QED) is 0.736. The molecule has 24 heavy (non-hydrogen) atoms. The van der Waals surface area contributed by atoms with Crippen LogP contribution in [0, 0.1) is 0 Å². The number of benzene rings is 2. The standard InChI is InChI=1S/C20H18N2OS/c23-19(11-12-20-22-17-7-3-4-8-18(17)24-20)21-16-10-9-14-5-1-2-6-15(14)13-16/h1-8,11-12,16H,9-10,13H2,(H,21,23)/b12-11+. The van der Waals surface area contributed by atoms with Crippen LogP contribution in [0.3, 0.4) is 0 Å². The Hall–Kier alpha value is -2.46. The molecular weight excluding hydrogens is 316 g/mol. The Labute approximate surface area is 145 Å². The van der Waals surface area contributed by atoms with Crippen molar-refractivity contribution in [3.63, 3.8) is 0 Å². The van der Waals surface area contributed by atoms with E-state index in [-0.39, 0.29) is 11.9 Å². The maximum Gasteiger partial charge on any atom is 0.244 e. The molecule has 3 nitrogen and oxygen atoms in total. The Kier molecular flexibility index (Phi) is 4.13. The normalized spacial score (nSPS) is 17.1. The van der Waals surface area contributed by atoms with Gasteiger partial charge in [0.15, 0.2) is 0 Å². The predicted molar refractivity (Wildman–Crippen MR) is 99.1 cm³/mol. The maximum atomic E-state index is 12.2. The molecule has 0 spiro atoms. The fraction of sp³-hybridized carbons (Fsp3) is 0.200. The van der Waals surface area contributed by atoms with E-state index in [1.807, 2.05) is 24.3 Å². The summed E-state index contributed by atoms with van der Waals surface area (Å²) < 4.78 is 1.14. The number of aryl methyl sites for hydroxylation is 1. The summed E-state index contributed by atoms with van der Waals surface area (Å²) in [4.78, 5) is 16.7. The number of nitrogens with zero attached hydrogens (tertiary/aromatic N) is 1. The van der Waals surface area contributed by atoms with Crippen LogP contribution >= 0.6 is 11.3 Å². The van der Waals surface area contributed by atoms with Gasteiger partial charge < -0.3 is 5.32 Å². The Balaban J connectivity index is 1.40. The third kappa shape index (κ3) is 3.24. The Morgan fingerprint density at radius 3 is 2.79 bits per heavy atom. The second kappa shape index (κ2) is 6.57. The van der Waals surface area contributed by atoms with E-state index in [1.54, 1.807) is 23.5 Å². The SMILES string of the molecule is O=C(/C=C/c1nc2ccccc2s1)NC1CCc2ccccc2C1. The number of thiazole rings is 1. The zero-order chi connectivity index (χ0) is 16.4. The largest absolute Gasteiger partial charge is 0.349 e. The Morgan fingerprint density at radius 2 is 1.92 bits per heavy atom. The second-order valence-electron chi connectivity index (χ2n) is 6.07. The van der Waals surface area contributed by atoms with Crippen molar-refractivity contribution in [2.75, 3.05) is 0 Å². The Morgan fingerprint density at radius 1 is 1.12 bits per heavy atom. The maximum absolute atomic E-state index is 12.2. The molecule has 0 aliphatic heterocycles. The molecule has 4 heteroatoms. The van der Waals surface area contributed by atoms with Crippen LogP contribution in [0.5, 0.6) is 0 Å². The van der Waals surface area contributed by atoms with E-state index >= 15 is 0 Å². The minimum absolute atomic E-state index is 0.0429. The number of carbonyl (C=O) groups is 1. The molecule has 1 atom stereocenters. The predicted octanol–water partition coefficient (Wildman–Crippen LogP) is 3.98. The molecule has 1 heterocycles. The molecule has 0 radical (unpaired) electrons. The molecule has 1 N–H and O–H groups in total. The number of hydrogen-bond acceptors (Lipinski definition) is 3. The molecule has 120 valence electrons. The van der Waals surface area contributed by atoms with Gasteiger partial charge in [0.1, 0.15) is 5.01 Å². The summed E-state index contributed by atoms with van der Waals surface area (Å²) in [6, 6.07) is 16.7. The van der Waals surface area contributed by atoms with Gasteiger partial charge in [0.05, 0.1) is 10.2 Å². The molecule has 1 amide bonds. The number of rotatable bonds is 3. The Bertz CT molecular complexity index is 880. The van der Waals surface area contributed by atoms with Crippen molar-refractivity contribution >= 4 is 33.5 Å². The first-order valence-electron chi connectivity index (χ1n) is 8.19. The number of nitrogens with one attached hydrogen (secondary N) is 1. The van der Waals surface area contributed by atoms with Crippen molar-refractivity contribution in [1.82, 2.24) is 10.3 Å². The summed E-state index contributed by atoms with van der Waals surface area (Å²) in [6.07, 6.45) is 6.34. The number of carbonyl (C=O) groups excluding carboxylic acids is 1. The topological polar surface area (TPSA) is 42.0 Å². The summed E-state index contributed by atoms with van der Waals surface area (Å²) >= 11 is 1.60. The highest BCUT2D eigenvalue weighted by Crippen LogP contribution is 2.23. The van der Waals surface area contributed by atoms with Crippen molar-refractivity contribution in [3.05, 3.63) is 70.7 Å². The molecule has 3 aromatic rings. The molecule has 0 saturated carbocycles. The van der Waals surface area contributed by atoms with E-state index in [2.05, 4.69) is 34.6 Å². The zero-order valence-corrected chi connectivity index (χ0v) is 14.1. The molecule has 4 rings (SSSR count). The van der Waals surface area contributed by atoms with Crippen LogP contribution in [0.4, 0.5) is 0 Å². The molecule has 1 aliphatic carbocycles. The molecule has 0 saturated heterocycles. The molecule has 1 unspecified atom stereocenters. The monoisotopic (exact) mass is 334 g/mol. The number of hydrogen-bond donors (Lipinski definition) is 1. The number of fused-ring (bicyclic) bond motifs is 2. The van der Waals surface area contributed by atoms with Crippen molar-refractivity contribution in [3.8, 4) is 0 Å². The number of aromatic nitrogens is 1. The lowest BCUT2D eigenvalue weighted by Gasteiger charge is -2.24. The number of para-hydroxylation sites is 1. The van der Waals surface area contributed by atoms with Gasteiger partial charge in [-0.3, -0.25) is 4.79 Å². The lowest BCUT2D eigenvalue weighted by atomic mass is 9.88. The average molecular weight is 334 g/mol. The van der Waals surface area contributed by atoms with Gasteiger partial charge >= 0.3 is 0 Å². The summed E-state index contributed by atoms with van der Waals surface area (Å²) in [5, 5.41) is 3.98. The van der Waals surface area contributed by atoms with Gasteiger partial charge in [-0.25, -0.2) is 4.98 Å². The molecule has 1 aromatic heterocycles. The van der Waals surface area contributed by atoms with E-state index < -0.39 is 0 Å². The van der Waals surface area contributed by atoms with Gasteiger partial charge in [0.2, 0.25) is 5.91 Å². The second-order valence-corrected chi connectivity index (χ2v) is 7.13. The van der Waals surface area contributed by atoms with Gasteiger partial charge in [0, 0.05) is 12.1 Å². The van der Waals surface area contributed by atoms with Crippen LogP contribution < -0.4 is 5.32 Å². The first-order valence-corrected chi connectivity index (χ1v) is 9.00. The van der Waals surface area contributed by atoms with Crippen molar-refractivity contribution < 1.29 is 4.79 Å². The highest BCUT2D eigenvalue weighted by Gasteiger charge is 2.18. The molecule has 2 aromatic carbocycles. The van der Waals surface area contributed by atoms with E-state index in [1.165, 1.54) is 11.1 Å². The lowest BCUT2D eigenvalue weighted by Crippen LogP contribution is -2.37. The van der Waals surface area contributed by atoms with Crippen LogP contribution in [0.1, 0.15) is 22.6 Å². The van der Waals surface area contributed by atoms with Gasteiger partial charge in [-0.15, -0.1) is 11.3 Å². The minimum atomic E-state index is -0.0429.